The summed E-state index contributed by atoms with van der Waals surface area (Å²) in [6.45, 7) is 3.91. The van der Waals surface area contributed by atoms with Crippen molar-refractivity contribution in [3.63, 3.8) is 0 Å². The highest BCUT2D eigenvalue weighted by molar-refractivity contribution is 5.69. The molecule has 0 aromatic carbocycles. The van der Waals surface area contributed by atoms with Crippen LogP contribution in [0.5, 0.6) is 0 Å². The van der Waals surface area contributed by atoms with E-state index in [1.165, 1.54) is 0 Å². The second-order valence-electron chi connectivity index (χ2n) is 2.87. The Bertz CT molecular complexity index is 430. The molecule has 0 atom stereocenters. The molecule has 62 valence electrons. The van der Waals surface area contributed by atoms with Crippen LogP contribution in [0.1, 0.15) is 11.4 Å². The molecule has 0 unspecified atom stereocenters. The third-order valence-electron chi connectivity index (χ3n) is 1.97. The summed E-state index contributed by atoms with van der Waals surface area (Å²) in [5.74, 6) is 0. The van der Waals surface area contributed by atoms with Crippen LogP contribution in [-0.4, -0.2) is 19.7 Å². The number of aromatic nitrogens is 4. The first-order valence-electron chi connectivity index (χ1n) is 3.81. The summed E-state index contributed by atoms with van der Waals surface area (Å²) < 4.78 is 1.73. The van der Waals surface area contributed by atoms with Gasteiger partial charge in [0.25, 0.3) is 0 Å². The van der Waals surface area contributed by atoms with E-state index in [2.05, 4.69) is 15.1 Å². The predicted octanol–water partition coefficient (Wildman–Crippen LogP) is 0.980. The second-order valence-corrected chi connectivity index (χ2v) is 2.87. The van der Waals surface area contributed by atoms with Crippen LogP contribution in [0.25, 0.3) is 11.2 Å². The largest absolute Gasteiger partial charge is 0.249 e. The Labute approximate surface area is 70.3 Å². The number of rotatable bonds is 0. The lowest BCUT2D eigenvalue weighted by atomic mass is 10.3. The molecule has 0 spiro atoms. The lowest BCUT2D eigenvalue weighted by molar-refractivity contribution is 0.784. The summed E-state index contributed by atoms with van der Waals surface area (Å²) in [4.78, 5) is 8.72. The Balaban J connectivity index is 2.87. The molecule has 0 aliphatic rings. The summed E-state index contributed by atoms with van der Waals surface area (Å²) in [5, 5.41) is 4.07. The highest BCUT2D eigenvalue weighted by atomic mass is 15.3. The van der Waals surface area contributed by atoms with Gasteiger partial charge in [-0.3, -0.25) is 0 Å². The van der Waals surface area contributed by atoms with Crippen LogP contribution >= 0.6 is 0 Å². The third kappa shape index (κ3) is 0.879. The Hall–Kier alpha value is -1.45. The van der Waals surface area contributed by atoms with Crippen molar-refractivity contribution in [2.45, 2.75) is 13.8 Å². The summed E-state index contributed by atoms with van der Waals surface area (Å²) in [6.07, 6.45) is 1.73. The maximum absolute atomic E-state index is 4.37. The van der Waals surface area contributed by atoms with Gasteiger partial charge in [0.15, 0.2) is 5.65 Å². The zero-order valence-corrected chi connectivity index (χ0v) is 7.37. The summed E-state index contributed by atoms with van der Waals surface area (Å²) in [7, 11) is 1.87. The molecule has 0 aliphatic heterocycles. The van der Waals surface area contributed by atoms with Gasteiger partial charge in [0.1, 0.15) is 5.52 Å². The first-order chi connectivity index (χ1) is 5.68. The molecule has 0 saturated carbocycles. The summed E-state index contributed by atoms with van der Waals surface area (Å²) >= 11 is 0. The molecule has 0 bridgehead atoms. The minimum absolute atomic E-state index is 0.845. The van der Waals surface area contributed by atoms with Crippen molar-refractivity contribution in [2.24, 2.45) is 7.05 Å². The van der Waals surface area contributed by atoms with E-state index in [0.29, 0.717) is 0 Å². The van der Waals surface area contributed by atoms with Gasteiger partial charge in [0.05, 0.1) is 17.6 Å². The standard InChI is InChI=1S/C8H10N4/c1-5-6(2)11-8-7(10-5)4-9-12(8)3/h4H,1-3H3. The molecular formula is C8H10N4. The minimum atomic E-state index is 0.845. The van der Waals surface area contributed by atoms with Gasteiger partial charge in [-0.15, -0.1) is 0 Å². The van der Waals surface area contributed by atoms with Crippen LogP contribution in [0.2, 0.25) is 0 Å². The predicted molar refractivity (Wildman–Crippen MR) is 45.8 cm³/mol. The lowest BCUT2D eigenvalue weighted by Crippen LogP contribution is -1.96. The van der Waals surface area contributed by atoms with E-state index < -0.39 is 0 Å². The first-order valence-corrected chi connectivity index (χ1v) is 3.81. The molecule has 0 N–H and O–H groups in total. The number of aryl methyl sites for hydroxylation is 3. The van der Waals surface area contributed by atoms with Gasteiger partial charge in [-0.1, -0.05) is 0 Å². The van der Waals surface area contributed by atoms with Gasteiger partial charge in [0.2, 0.25) is 0 Å². The normalized spacial score (nSPS) is 10.9. The van der Waals surface area contributed by atoms with Gasteiger partial charge >= 0.3 is 0 Å². The van der Waals surface area contributed by atoms with Crippen molar-refractivity contribution < 1.29 is 0 Å². The number of fused-ring (bicyclic) bond motifs is 1. The van der Waals surface area contributed by atoms with Gasteiger partial charge in [-0.05, 0) is 13.8 Å². The molecule has 2 aromatic heterocycles. The van der Waals surface area contributed by atoms with Crippen molar-refractivity contribution >= 4 is 11.2 Å². The average molecular weight is 162 g/mol. The van der Waals surface area contributed by atoms with Gasteiger partial charge in [0, 0.05) is 7.05 Å². The van der Waals surface area contributed by atoms with Gasteiger partial charge in [-0.25, -0.2) is 14.6 Å². The maximum atomic E-state index is 4.37. The Morgan fingerprint density at radius 3 is 2.58 bits per heavy atom. The van der Waals surface area contributed by atoms with Crippen LogP contribution in [0.4, 0.5) is 0 Å². The van der Waals surface area contributed by atoms with Crippen LogP contribution < -0.4 is 0 Å². The molecule has 0 aliphatic carbocycles. The van der Waals surface area contributed by atoms with Gasteiger partial charge < -0.3 is 0 Å². The molecule has 0 saturated heterocycles. The molecule has 12 heavy (non-hydrogen) atoms. The van der Waals surface area contributed by atoms with Crippen molar-refractivity contribution in [3.05, 3.63) is 17.6 Å². The van der Waals surface area contributed by atoms with Crippen molar-refractivity contribution in [1.82, 2.24) is 19.7 Å². The molecule has 0 amide bonds. The lowest BCUT2D eigenvalue weighted by Gasteiger charge is -1.98. The molecule has 0 radical (unpaired) electrons. The molecular weight excluding hydrogens is 152 g/mol. The maximum Gasteiger partial charge on any atom is 0.176 e. The van der Waals surface area contributed by atoms with Crippen molar-refractivity contribution in [2.75, 3.05) is 0 Å². The van der Waals surface area contributed by atoms with E-state index in [1.54, 1.807) is 10.9 Å². The van der Waals surface area contributed by atoms with Crippen LogP contribution in [0.15, 0.2) is 6.20 Å². The first kappa shape index (κ1) is 7.21. The number of hydrogen-bond acceptors (Lipinski definition) is 3. The molecule has 4 nitrogen and oxygen atoms in total. The fraction of sp³-hybridized carbons (Fsp3) is 0.375. The zero-order valence-electron chi connectivity index (χ0n) is 7.37. The molecule has 4 heteroatoms. The smallest absolute Gasteiger partial charge is 0.176 e. The van der Waals surface area contributed by atoms with E-state index in [1.807, 2.05) is 20.9 Å². The average Bonchev–Trinajstić information content (AvgIpc) is 2.35. The number of hydrogen-bond donors (Lipinski definition) is 0. The molecule has 2 rings (SSSR count). The topological polar surface area (TPSA) is 43.6 Å². The Kier molecular flexibility index (Phi) is 1.36. The fourth-order valence-corrected chi connectivity index (χ4v) is 1.13. The third-order valence-corrected chi connectivity index (χ3v) is 1.97. The quantitative estimate of drug-likeness (QED) is 0.580. The molecule has 2 aromatic rings. The van der Waals surface area contributed by atoms with Crippen LogP contribution in [-0.2, 0) is 7.05 Å². The van der Waals surface area contributed by atoms with Crippen LogP contribution in [0, 0.1) is 13.8 Å². The highest BCUT2D eigenvalue weighted by Crippen LogP contribution is 2.09. The monoisotopic (exact) mass is 162 g/mol. The van der Waals surface area contributed by atoms with Crippen LogP contribution in [0.3, 0.4) is 0 Å². The SMILES string of the molecule is Cc1nc2cnn(C)c2nc1C. The molecule has 2 heterocycles. The highest BCUT2D eigenvalue weighted by Gasteiger charge is 2.04. The van der Waals surface area contributed by atoms with E-state index in [0.717, 1.165) is 22.6 Å². The van der Waals surface area contributed by atoms with E-state index >= 15 is 0 Å². The van der Waals surface area contributed by atoms with E-state index in [-0.39, 0.29) is 0 Å². The van der Waals surface area contributed by atoms with E-state index in [4.69, 9.17) is 0 Å². The minimum Gasteiger partial charge on any atom is -0.249 e. The molecule has 0 fully saturated rings. The van der Waals surface area contributed by atoms with Crippen molar-refractivity contribution in [3.8, 4) is 0 Å². The van der Waals surface area contributed by atoms with Gasteiger partial charge in [-0.2, -0.15) is 5.10 Å². The zero-order chi connectivity index (χ0) is 8.72. The summed E-state index contributed by atoms with van der Waals surface area (Å²) in [6, 6.07) is 0. The number of nitrogens with zero attached hydrogens (tertiary/aromatic N) is 4. The second kappa shape index (κ2) is 2.27. The summed E-state index contributed by atoms with van der Waals surface area (Å²) in [5.41, 5.74) is 3.64. The fourth-order valence-electron chi connectivity index (χ4n) is 1.13. The van der Waals surface area contributed by atoms with E-state index in [9.17, 15) is 0 Å². The Morgan fingerprint density at radius 2 is 1.83 bits per heavy atom. The Morgan fingerprint density at radius 1 is 1.17 bits per heavy atom. The van der Waals surface area contributed by atoms with Crippen molar-refractivity contribution in [1.29, 1.82) is 0 Å².